The Morgan fingerprint density at radius 2 is 2.00 bits per heavy atom. The van der Waals surface area contributed by atoms with Crippen LogP contribution < -0.4 is 0 Å². The average molecular weight is 347 g/mol. The number of aromatic nitrogens is 2. The topological polar surface area (TPSA) is 48.8 Å². The lowest BCUT2D eigenvalue weighted by Gasteiger charge is -2.33. The molecular formula is C20H17N3OS. The van der Waals surface area contributed by atoms with Gasteiger partial charge in [-0.15, -0.1) is 11.3 Å². The Bertz CT molecular complexity index is 954. The van der Waals surface area contributed by atoms with Crippen LogP contribution in [0.1, 0.15) is 32.2 Å². The van der Waals surface area contributed by atoms with E-state index in [0.29, 0.717) is 5.69 Å². The average Bonchev–Trinajstić information content (AvgIpc) is 3.19. The van der Waals surface area contributed by atoms with E-state index in [4.69, 9.17) is 0 Å². The molecule has 5 rings (SSSR count). The van der Waals surface area contributed by atoms with Gasteiger partial charge in [0, 0.05) is 35.6 Å². The van der Waals surface area contributed by atoms with E-state index in [9.17, 15) is 4.79 Å². The zero-order chi connectivity index (χ0) is 16.9. The second-order valence-electron chi connectivity index (χ2n) is 6.58. The van der Waals surface area contributed by atoms with Crippen LogP contribution in [-0.2, 0) is 11.8 Å². The van der Waals surface area contributed by atoms with Gasteiger partial charge in [-0.3, -0.25) is 9.89 Å². The fourth-order valence-corrected chi connectivity index (χ4v) is 4.54. The normalized spacial score (nSPS) is 21.2. The highest BCUT2D eigenvalue weighted by atomic mass is 32.1. The number of thiophene rings is 1. The summed E-state index contributed by atoms with van der Waals surface area (Å²) < 4.78 is 0. The van der Waals surface area contributed by atoms with Gasteiger partial charge < -0.3 is 4.90 Å². The molecule has 1 aliphatic carbocycles. The van der Waals surface area contributed by atoms with Gasteiger partial charge in [0.1, 0.15) is 0 Å². The molecular weight excluding hydrogens is 330 g/mol. The number of fused-ring (bicyclic) bond motifs is 1. The maximum atomic E-state index is 12.4. The second kappa shape index (κ2) is 5.43. The van der Waals surface area contributed by atoms with Crippen LogP contribution in [0.3, 0.4) is 0 Å². The smallest absolute Gasteiger partial charge is 0.275 e. The van der Waals surface area contributed by atoms with Crippen LogP contribution in [0, 0.1) is 0 Å². The van der Waals surface area contributed by atoms with E-state index in [1.54, 1.807) is 11.3 Å². The maximum Gasteiger partial charge on any atom is 0.275 e. The zero-order valence-electron chi connectivity index (χ0n) is 13.6. The van der Waals surface area contributed by atoms with E-state index in [1.807, 2.05) is 11.0 Å². The van der Waals surface area contributed by atoms with Crippen LogP contribution in [0.25, 0.3) is 6.08 Å². The summed E-state index contributed by atoms with van der Waals surface area (Å²) in [4.78, 5) is 15.5. The number of amides is 1. The molecule has 1 unspecified atom stereocenters. The SMILES string of the molecule is O=C(c1n[nH]c2c1C=CC(c1ccccc1)(c1cccs1)C2)N1CC1. The van der Waals surface area contributed by atoms with Crippen LogP contribution in [0.5, 0.6) is 0 Å². The van der Waals surface area contributed by atoms with Gasteiger partial charge in [0.15, 0.2) is 5.69 Å². The minimum Gasteiger partial charge on any atom is -0.334 e. The monoisotopic (exact) mass is 347 g/mol. The number of benzene rings is 1. The summed E-state index contributed by atoms with van der Waals surface area (Å²) in [5, 5.41) is 9.58. The zero-order valence-corrected chi connectivity index (χ0v) is 14.4. The molecule has 124 valence electrons. The first-order valence-electron chi connectivity index (χ1n) is 8.43. The van der Waals surface area contributed by atoms with Crippen molar-refractivity contribution in [2.24, 2.45) is 0 Å². The summed E-state index contributed by atoms with van der Waals surface area (Å²) in [6, 6.07) is 14.8. The molecule has 1 saturated heterocycles. The van der Waals surface area contributed by atoms with Crippen molar-refractivity contribution in [2.45, 2.75) is 11.8 Å². The summed E-state index contributed by atoms with van der Waals surface area (Å²) in [6.07, 6.45) is 5.10. The summed E-state index contributed by atoms with van der Waals surface area (Å²) in [6.45, 7) is 1.68. The Kier molecular flexibility index (Phi) is 3.18. The van der Waals surface area contributed by atoms with Crippen molar-refractivity contribution >= 4 is 23.3 Å². The lowest BCUT2D eigenvalue weighted by molar-refractivity contribution is 0.0880. The third-order valence-corrected chi connectivity index (χ3v) is 6.11. The van der Waals surface area contributed by atoms with Gasteiger partial charge in [-0.2, -0.15) is 5.10 Å². The first-order chi connectivity index (χ1) is 12.3. The lowest BCUT2D eigenvalue weighted by Crippen LogP contribution is -2.29. The van der Waals surface area contributed by atoms with Gasteiger partial charge in [-0.05, 0) is 17.0 Å². The number of nitrogens with one attached hydrogen (secondary N) is 1. The summed E-state index contributed by atoms with van der Waals surface area (Å²) in [5.74, 6) is 0.0329. The minimum atomic E-state index is -0.213. The Balaban J connectivity index is 1.62. The summed E-state index contributed by atoms with van der Waals surface area (Å²) in [7, 11) is 0. The van der Waals surface area contributed by atoms with E-state index in [1.165, 1.54) is 10.4 Å². The molecule has 0 spiro atoms. The van der Waals surface area contributed by atoms with Gasteiger partial charge in [0.25, 0.3) is 5.91 Å². The summed E-state index contributed by atoms with van der Waals surface area (Å²) >= 11 is 1.77. The van der Waals surface area contributed by atoms with E-state index in [0.717, 1.165) is 30.8 Å². The molecule has 1 aliphatic heterocycles. The number of carbonyl (C=O) groups is 1. The van der Waals surface area contributed by atoms with Gasteiger partial charge >= 0.3 is 0 Å². The largest absolute Gasteiger partial charge is 0.334 e. The summed E-state index contributed by atoms with van der Waals surface area (Å²) in [5.41, 5.74) is 3.57. The fraction of sp³-hybridized carbons (Fsp3) is 0.200. The Morgan fingerprint density at radius 3 is 2.72 bits per heavy atom. The quantitative estimate of drug-likeness (QED) is 0.738. The van der Waals surface area contributed by atoms with Crippen molar-refractivity contribution in [2.75, 3.05) is 13.1 Å². The highest BCUT2D eigenvalue weighted by molar-refractivity contribution is 7.10. The molecule has 4 nitrogen and oxygen atoms in total. The lowest BCUT2D eigenvalue weighted by atomic mass is 9.72. The molecule has 2 aliphatic rings. The maximum absolute atomic E-state index is 12.4. The van der Waals surface area contributed by atoms with Crippen LogP contribution in [0.4, 0.5) is 0 Å². The number of allylic oxidation sites excluding steroid dienone is 1. The molecule has 3 aromatic rings. The predicted molar refractivity (Wildman–Crippen MR) is 98.8 cm³/mol. The second-order valence-corrected chi connectivity index (χ2v) is 7.53. The fourth-order valence-electron chi connectivity index (χ4n) is 3.61. The van der Waals surface area contributed by atoms with Crippen molar-refractivity contribution in [1.82, 2.24) is 15.1 Å². The number of aromatic amines is 1. The standard InChI is InChI=1S/C20H17N3OS/c24-19(23-10-11-23)18-15-8-9-20(13-16(15)21-22-18,17-7-4-12-25-17)14-5-2-1-3-6-14/h1-9,12H,10-11,13H2,(H,21,22). The highest BCUT2D eigenvalue weighted by Gasteiger charge is 2.39. The number of hydrogen-bond donors (Lipinski definition) is 1. The number of nitrogens with zero attached hydrogens (tertiary/aromatic N) is 2. The van der Waals surface area contributed by atoms with Crippen LogP contribution >= 0.6 is 11.3 Å². The van der Waals surface area contributed by atoms with Crippen molar-refractivity contribution < 1.29 is 4.79 Å². The third-order valence-electron chi connectivity index (χ3n) is 5.06. The van der Waals surface area contributed by atoms with E-state index in [2.05, 4.69) is 64.1 Å². The van der Waals surface area contributed by atoms with Crippen LogP contribution in [0.2, 0.25) is 0 Å². The molecule has 25 heavy (non-hydrogen) atoms. The molecule has 1 atom stereocenters. The van der Waals surface area contributed by atoms with Gasteiger partial charge in [0.2, 0.25) is 0 Å². The van der Waals surface area contributed by atoms with E-state index < -0.39 is 0 Å². The molecule has 2 aromatic heterocycles. The molecule has 0 radical (unpaired) electrons. The number of rotatable bonds is 3. The molecule has 1 fully saturated rings. The molecule has 0 bridgehead atoms. The number of hydrogen-bond acceptors (Lipinski definition) is 3. The first kappa shape index (κ1) is 14.7. The number of H-pyrrole nitrogens is 1. The predicted octanol–water partition coefficient (Wildman–Crippen LogP) is 3.48. The molecule has 0 saturated carbocycles. The van der Waals surface area contributed by atoms with E-state index >= 15 is 0 Å². The van der Waals surface area contributed by atoms with Gasteiger partial charge in [0.05, 0.1) is 5.41 Å². The number of carbonyl (C=O) groups excluding carboxylic acids is 1. The van der Waals surface area contributed by atoms with Crippen molar-refractivity contribution in [3.05, 3.63) is 81.3 Å². The van der Waals surface area contributed by atoms with Crippen molar-refractivity contribution in [3.8, 4) is 0 Å². The molecule has 1 aromatic carbocycles. The van der Waals surface area contributed by atoms with Crippen LogP contribution in [0.15, 0.2) is 53.9 Å². The van der Waals surface area contributed by atoms with Crippen molar-refractivity contribution in [1.29, 1.82) is 0 Å². The minimum absolute atomic E-state index is 0.0329. The Morgan fingerprint density at radius 1 is 1.16 bits per heavy atom. The molecule has 5 heteroatoms. The first-order valence-corrected chi connectivity index (χ1v) is 9.31. The van der Waals surface area contributed by atoms with Crippen LogP contribution in [-0.4, -0.2) is 34.1 Å². The van der Waals surface area contributed by atoms with Gasteiger partial charge in [-0.1, -0.05) is 48.6 Å². The Labute approximate surface area is 149 Å². The van der Waals surface area contributed by atoms with Crippen molar-refractivity contribution in [3.63, 3.8) is 0 Å². The van der Waals surface area contributed by atoms with E-state index in [-0.39, 0.29) is 11.3 Å². The molecule has 1 N–H and O–H groups in total. The third kappa shape index (κ3) is 2.27. The highest BCUT2D eigenvalue weighted by Crippen LogP contribution is 2.43. The Hall–Kier alpha value is -2.66. The van der Waals surface area contributed by atoms with Gasteiger partial charge in [-0.25, -0.2) is 0 Å². The molecule has 1 amide bonds. The molecule has 3 heterocycles.